The van der Waals surface area contributed by atoms with E-state index in [9.17, 15) is 17.6 Å². The Morgan fingerprint density at radius 1 is 1.12 bits per heavy atom. The number of halogens is 1. The Morgan fingerprint density at radius 3 is 2.38 bits per heavy atom. The van der Waals surface area contributed by atoms with E-state index in [1.807, 2.05) is 19.9 Å². The highest BCUT2D eigenvalue weighted by Crippen LogP contribution is 2.22. The number of aryl methyl sites for hydroxylation is 1. The first kappa shape index (κ1) is 20.1. The van der Waals surface area contributed by atoms with Gasteiger partial charge in [0.05, 0.1) is 10.5 Å². The molecule has 2 aromatic rings. The third-order valence-corrected chi connectivity index (χ3v) is 6.42. The monoisotopic (exact) mass is 378 g/mol. The molecule has 2 rings (SSSR count). The summed E-state index contributed by atoms with van der Waals surface area (Å²) in [4.78, 5) is 12.4. The average Bonchev–Trinajstić information content (AvgIpc) is 2.60. The fourth-order valence-corrected chi connectivity index (χ4v) is 4.11. The van der Waals surface area contributed by atoms with E-state index in [1.165, 1.54) is 10.4 Å². The van der Waals surface area contributed by atoms with Gasteiger partial charge in [-0.1, -0.05) is 26.0 Å². The Morgan fingerprint density at radius 2 is 1.77 bits per heavy atom. The molecule has 1 N–H and O–H groups in total. The van der Waals surface area contributed by atoms with Crippen LogP contribution >= 0.6 is 0 Å². The summed E-state index contributed by atoms with van der Waals surface area (Å²) in [5.41, 5.74) is 2.11. The molecule has 0 saturated heterocycles. The van der Waals surface area contributed by atoms with Gasteiger partial charge in [-0.3, -0.25) is 4.79 Å². The standard InChI is InChI=1S/C19H23FN2O3S/c1-5-22(6-2)26(24,25)15-10-11-17(20)16(12-15)19(23)21-18-9-7-8-13(3)14(18)4/h7-12H,5-6H2,1-4H3,(H,21,23). The minimum absolute atomic E-state index is 0.103. The smallest absolute Gasteiger partial charge is 0.258 e. The second-order valence-corrected chi connectivity index (χ2v) is 7.87. The van der Waals surface area contributed by atoms with Gasteiger partial charge in [0.25, 0.3) is 5.91 Å². The minimum atomic E-state index is -3.78. The first-order valence-corrected chi connectivity index (χ1v) is 9.83. The number of hydrogen-bond donors (Lipinski definition) is 1. The fourth-order valence-electron chi connectivity index (χ4n) is 2.63. The molecule has 1 amide bonds. The van der Waals surface area contributed by atoms with Crippen LogP contribution < -0.4 is 5.32 Å². The van der Waals surface area contributed by atoms with Crippen molar-refractivity contribution in [2.75, 3.05) is 18.4 Å². The van der Waals surface area contributed by atoms with E-state index in [2.05, 4.69) is 5.32 Å². The van der Waals surface area contributed by atoms with Crippen molar-refractivity contribution in [2.45, 2.75) is 32.6 Å². The molecule has 0 aliphatic carbocycles. The van der Waals surface area contributed by atoms with Crippen LogP contribution in [0.1, 0.15) is 35.3 Å². The van der Waals surface area contributed by atoms with Crippen molar-refractivity contribution < 1.29 is 17.6 Å². The van der Waals surface area contributed by atoms with E-state index < -0.39 is 21.7 Å². The van der Waals surface area contributed by atoms with Gasteiger partial charge < -0.3 is 5.32 Å². The number of nitrogens with one attached hydrogen (secondary N) is 1. The number of anilines is 1. The largest absolute Gasteiger partial charge is 0.322 e. The SMILES string of the molecule is CCN(CC)S(=O)(=O)c1ccc(F)c(C(=O)Nc2cccc(C)c2C)c1. The minimum Gasteiger partial charge on any atom is -0.322 e. The van der Waals surface area contributed by atoms with Crippen LogP contribution in [-0.4, -0.2) is 31.7 Å². The van der Waals surface area contributed by atoms with Gasteiger partial charge in [-0.05, 0) is 49.2 Å². The lowest BCUT2D eigenvalue weighted by molar-refractivity contribution is 0.102. The van der Waals surface area contributed by atoms with Crippen LogP contribution in [0, 0.1) is 19.7 Å². The maximum atomic E-state index is 14.2. The zero-order chi connectivity index (χ0) is 19.5. The summed E-state index contributed by atoms with van der Waals surface area (Å²) in [7, 11) is -3.78. The molecular weight excluding hydrogens is 355 g/mol. The van der Waals surface area contributed by atoms with Crippen LogP contribution in [0.2, 0.25) is 0 Å². The highest BCUT2D eigenvalue weighted by molar-refractivity contribution is 7.89. The highest BCUT2D eigenvalue weighted by Gasteiger charge is 2.24. The van der Waals surface area contributed by atoms with Gasteiger partial charge in [0.1, 0.15) is 5.82 Å². The van der Waals surface area contributed by atoms with E-state index in [-0.39, 0.29) is 10.5 Å². The second-order valence-electron chi connectivity index (χ2n) is 5.93. The maximum absolute atomic E-state index is 14.2. The summed E-state index contributed by atoms with van der Waals surface area (Å²) in [6.45, 7) is 7.78. The van der Waals surface area contributed by atoms with Crippen molar-refractivity contribution in [1.29, 1.82) is 0 Å². The van der Waals surface area contributed by atoms with Crippen LogP contribution in [-0.2, 0) is 10.0 Å². The molecule has 140 valence electrons. The van der Waals surface area contributed by atoms with Crippen LogP contribution in [0.4, 0.5) is 10.1 Å². The molecule has 7 heteroatoms. The quantitative estimate of drug-likeness (QED) is 0.833. The van der Waals surface area contributed by atoms with Gasteiger partial charge in [-0.15, -0.1) is 0 Å². The molecule has 0 atom stereocenters. The van der Waals surface area contributed by atoms with Gasteiger partial charge in [-0.2, -0.15) is 4.31 Å². The van der Waals surface area contributed by atoms with Crippen molar-refractivity contribution in [3.8, 4) is 0 Å². The third kappa shape index (κ3) is 3.94. The molecule has 0 bridgehead atoms. The lowest BCUT2D eigenvalue weighted by Crippen LogP contribution is -2.31. The lowest BCUT2D eigenvalue weighted by Gasteiger charge is -2.19. The zero-order valence-electron chi connectivity index (χ0n) is 15.3. The molecule has 0 fully saturated rings. The molecule has 0 saturated carbocycles. The van der Waals surface area contributed by atoms with Gasteiger partial charge in [-0.25, -0.2) is 12.8 Å². The average molecular weight is 378 g/mol. The van der Waals surface area contributed by atoms with E-state index in [0.29, 0.717) is 18.8 Å². The van der Waals surface area contributed by atoms with Gasteiger partial charge in [0, 0.05) is 18.8 Å². The Kier molecular flexibility index (Phi) is 6.15. The predicted molar refractivity (Wildman–Crippen MR) is 100 cm³/mol. The summed E-state index contributed by atoms with van der Waals surface area (Å²) in [6, 6.07) is 8.68. The Labute approximate surface area is 153 Å². The lowest BCUT2D eigenvalue weighted by atomic mass is 10.1. The van der Waals surface area contributed by atoms with Gasteiger partial charge in [0.15, 0.2) is 0 Å². The van der Waals surface area contributed by atoms with E-state index in [4.69, 9.17) is 0 Å². The molecule has 0 spiro atoms. The van der Waals surface area contributed by atoms with Crippen LogP contribution in [0.15, 0.2) is 41.3 Å². The summed E-state index contributed by atoms with van der Waals surface area (Å²) >= 11 is 0. The van der Waals surface area contributed by atoms with Crippen molar-refractivity contribution in [3.63, 3.8) is 0 Å². The number of amides is 1. The van der Waals surface area contributed by atoms with Crippen molar-refractivity contribution >= 4 is 21.6 Å². The molecule has 0 aromatic heterocycles. The van der Waals surface area contributed by atoms with Gasteiger partial charge >= 0.3 is 0 Å². The zero-order valence-corrected chi connectivity index (χ0v) is 16.2. The highest BCUT2D eigenvalue weighted by atomic mass is 32.2. The predicted octanol–water partition coefficient (Wildman–Crippen LogP) is 3.73. The molecule has 2 aromatic carbocycles. The number of carbonyl (C=O) groups is 1. The Hall–Kier alpha value is -2.25. The number of carbonyl (C=O) groups excluding carboxylic acids is 1. The van der Waals surface area contributed by atoms with Crippen LogP contribution in [0.25, 0.3) is 0 Å². The second kappa shape index (κ2) is 7.97. The van der Waals surface area contributed by atoms with E-state index in [0.717, 1.165) is 23.3 Å². The molecule has 0 aliphatic heterocycles. The molecule has 0 heterocycles. The number of benzene rings is 2. The first-order chi connectivity index (χ1) is 12.2. The Bertz CT molecular complexity index is 922. The first-order valence-electron chi connectivity index (χ1n) is 8.39. The number of rotatable bonds is 6. The summed E-state index contributed by atoms with van der Waals surface area (Å²) < 4.78 is 40.7. The third-order valence-electron chi connectivity index (χ3n) is 4.38. The molecule has 26 heavy (non-hydrogen) atoms. The van der Waals surface area contributed by atoms with E-state index >= 15 is 0 Å². The maximum Gasteiger partial charge on any atom is 0.258 e. The van der Waals surface area contributed by atoms with Crippen molar-refractivity contribution in [2.24, 2.45) is 0 Å². The van der Waals surface area contributed by atoms with Crippen LogP contribution in [0.3, 0.4) is 0 Å². The fraction of sp³-hybridized carbons (Fsp3) is 0.316. The number of hydrogen-bond acceptors (Lipinski definition) is 3. The van der Waals surface area contributed by atoms with Crippen LogP contribution in [0.5, 0.6) is 0 Å². The van der Waals surface area contributed by atoms with Gasteiger partial charge in [0.2, 0.25) is 10.0 Å². The normalized spacial score (nSPS) is 11.6. The Balaban J connectivity index is 2.41. The van der Waals surface area contributed by atoms with Crippen molar-refractivity contribution in [1.82, 2.24) is 4.31 Å². The molecular formula is C19H23FN2O3S. The van der Waals surface area contributed by atoms with E-state index in [1.54, 1.807) is 26.0 Å². The summed E-state index contributed by atoms with van der Waals surface area (Å²) in [5.74, 6) is -1.46. The topological polar surface area (TPSA) is 66.5 Å². The summed E-state index contributed by atoms with van der Waals surface area (Å²) in [6.07, 6.45) is 0. The molecule has 5 nitrogen and oxygen atoms in total. The molecule has 0 unspecified atom stereocenters. The number of sulfonamides is 1. The number of nitrogens with zero attached hydrogens (tertiary/aromatic N) is 1. The molecule has 0 aliphatic rings. The van der Waals surface area contributed by atoms with Crippen molar-refractivity contribution in [3.05, 3.63) is 58.9 Å². The summed E-state index contributed by atoms with van der Waals surface area (Å²) in [5, 5.41) is 2.66. The molecule has 0 radical (unpaired) electrons.